The zero-order valence-electron chi connectivity index (χ0n) is 8.97. The summed E-state index contributed by atoms with van der Waals surface area (Å²) in [6.07, 6.45) is 5.87. The van der Waals surface area contributed by atoms with Gasteiger partial charge in [-0.1, -0.05) is 0 Å². The van der Waals surface area contributed by atoms with E-state index >= 15 is 0 Å². The standard InChI is InChI=1S/C11H12N4S/c1-11(4-5-11)15-9(13-14-10(15)16)8-2-6-12-7-3-8/h2-3,6-7H,4-5H2,1H3,(H,14,16). The summed E-state index contributed by atoms with van der Waals surface area (Å²) >= 11 is 5.29. The van der Waals surface area contributed by atoms with Crippen LogP contribution in [0, 0.1) is 4.77 Å². The molecular formula is C11H12N4S. The Balaban J connectivity index is 2.19. The highest BCUT2D eigenvalue weighted by Crippen LogP contribution is 2.44. The minimum absolute atomic E-state index is 0.155. The molecule has 3 rings (SSSR count). The quantitative estimate of drug-likeness (QED) is 0.809. The van der Waals surface area contributed by atoms with Crippen LogP contribution in [0.4, 0.5) is 0 Å². The van der Waals surface area contributed by atoms with Gasteiger partial charge in [0.1, 0.15) is 0 Å². The molecule has 0 aromatic carbocycles. The number of hydrogen-bond donors (Lipinski definition) is 1. The van der Waals surface area contributed by atoms with Crippen LogP contribution in [0.2, 0.25) is 0 Å². The summed E-state index contributed by atoms with van der Waals surface area (Å²) in [4.78, 5) is 4.01. The van der Waals surface area contributed by atoms with Crippen molar-refractivity contribution in [2.24, 2.45) is 0 Å². The number of aromatic nitrogens is 4. The molecule has 0 saturated heterocycles. The van der Waals surface area contributed by atoms with E-state index in [1.54, 1.807) is 12.4 Å². The zero-order chi connectivity index (χ0) is 11.2. The molecule has 2 heterocycles. The number of H-pyrrole nitrogens is 1. The first-order valence-electron chi connectivity index (χ1n) is 5.29. The first-order chi connectivity index (χ1) is 7.71. The van der Waals surface area contributed by atoms with Gasteiger partial charge in [0, 0.05) is 23.5 Å². The second kappa shape index (κ2) is 3.25. The Morgan fingerprint density at radius 3 is 2.69 bits per heavy atom. The van der Waals surface area contributed by atoms with Crippen LogP contribution in [-0.2, 0) is 5.54 Å². The molecule has 2 aromatic heterocycles. The summed E-state index contributed by atoms with van der Waals surface area (Å²) in [6.45, 7) is 2.21. The molecule has 1 fully saturated rings. The number of hydrogen-bond acceptors (Lipinski definition) is 3. The molecule has 0 spiro atoms. The lowest BCUT2D eigenvalue weighted by Crippen LogP contribution is -2.13. The molecule has 0 amide bonds. The Labute approximate surface area is 98.3 Å². The van der Waals surface area contributed by atoms with Crippen molar-refractivity contribution < 1.29 is 0 Å². The Morgan fingerprint density at radius 1 is 1.38 bits per heavy atom. The van der Waals surface area contributed by atoms with Crippen LogP contribution in [0.5, 0.6) is 0 Å². The second-order valence-corrected chi connectivity index (χ2v) is 4.81. The second-order valence-electron chi connectivity index (χ2n) is 4.42. The van der Waals surface area contributed by atoms with Crippen molar-refractivity contribution in [3.8, 4) is 11.4 Å². The van der Waals surface area contributed by atoms with Gasteiger partial charge < -0.3 is 0 Å². The van der Waals surface area contributed by atoms with Crippen molar-refractivity contribution in [2.45, 2.75) is 25.3 Å². The molecule has 0 aliphatic heterocycles. The van der Waals surface area contributed by atoms with Crippen molar-refractivity contribution in [1.29, 1.82) is 0 Å². The number of pyridine rings is 1. The smallest absolute Gasteiger partial charge is 0.195 e. The number of rotatable bonds is 2. The average molecular weight is 232 g/mol. The predicted octanol–water partition coefficient (Wildman–Crippen LogP) is 2.51. The van der Waals surface area contributed by atoms with Gasteiger partial charge in [0.2, 0.25) is 0 Å². The topological polar surface area (TPSA) is 46.5 Å². The van der Waals surface area contributed by atoms with Crippen LogP contribution in [0.3, 0.4) is 0 Å². The summed E-state index contributed by atoms with van der Waals surface area (Å²) in [5.41, 5.74) is 1.21. The van der Waals surface area contributed by atoms with Crippen molar-refractivity contribution in [3.05, 3.63) is 29.3 Å². The fourth-order valence-corrected chi connectivity index (χ4v) is 2.25. The number of nitrogens with one attached hydrogen (secondary N) is 1. The van der Waals surface area contributed by atoms with E-state index < -0.39 is 0 Å². The van der Waals surface area contributed by atoms with Gasteiger partial charge in [0.05, 0.1) is 0 Å². The maximum atomic E-state index is 5.29. The summed E-state index contributed by atoms with van der Waals surface area (Å²) < 4.78 is 2.82. The monoisotopic (exact) mass is 232 g/mol. The molecule has 2 aromatic rings. The first-order valence-corrected chi connectivity index (χ1v) is 5.70. The SMILES string of the molecule is CC1(n2c(-c3ccncc3)n[nH]c2=S)CC1. The van der Waals surface area contributed by atoms with E-state index in [0.29, 0.717) is 4.77 Å². The van der Waals surface area contributed by atoms with Gasteiger partial charge >= 0.3 is 0 Å². The molecule has 4 nitrogen and oxygen atoms in total. The lowest BCUT2D eigenvalue weighted by Gasteiger charge is -2.13. The third-order valence-corrected chi connectivity index (χ3v) is 3.40. The van der Waals surface area contributed by atoms with Crippen LogP contribution in [0.25, 0.3) is 11.4 Å². The molecule has 0 bridgehead atoms. The van der Waals surface area contributed by atoms with E-state index in [1.807, 2.05) is 12.1 Å². The molecule has 5 heteroatoms. The van der Waals surface area contributed by atoms with Gasteiger partial charge in [-0.3, -0.25) is 14.6 Å². The average Bonchev–Trinajstić information content (AvgIpc) is 2.91. The molecule has 1 aliphatic carbocycles. The largest absolute Gasteiger partial charge is 0.294 e. The van der Waals surface area contributed by atoms with Crippen LogP contribution in [0.1, 0.15) is 19.8 Å². The highest BCUT2D eigenvalue weighted by atomic mass is 32.1. The van der Waals surface area contributed by atoms with Crippen LogP contribution in [-0.4, -0.2) is 19.7 Å². The Bertz CT molecular complexity index is 565. The van der Waals surface area contributed by atoms with Crippen molar-refractivity contribution in [1.82, 2.24) is 19.7 Å². The third kappa shape index (κ3) is 1.39. The minimum atomic E-state index is 0.155. The number of aromatic amines is 1. The van der Waals surface area contributed by atoms with Crippen molar-refractivity contribution in [2.75, 3.05) is 0 Å². The Kier molecular flexibility index (Phi) is 1.97. The Hall–Kier alpha value is -1.49. The van der Waals surface area contributed by atoms with Crippen LogP contribution >= 0.6 is 12.2 Å². The fraction of sp³-hybridized carbons (Fsp3) is 0.364. The van der Waals surface area contributed by atoms with E-state index in [-0.39, 0.29) is 5.54 Å². The molecule has 16 heavy (non-hydrogen) atoms. The fourth-order valence-electron chi connectivity index (χ4n) is 1.90. The summed E-state index contributed by atoms with van der Waals surface area (Å²) in [5.74, 6) is 0.910. The van der Waals surface area contributed by atoms with Gasteiger partial charge in [0.25, 0.3) is 0 Å². The molecule has 0 atom stereocenters. The molecule has 0 unspecified atom stereocenters. The lowest BCUT2D eigenvalue weighted by atomic mass is 10.2. The Morgan fingerprint density at radius 2 is 2.06 bits per heavy atom. The van der Waals surface area contributed by atoms with Gasteiger partial charge in [-0.25, -0.2) is 0 Å². The number of nitrogens with zero attached hydrogens (tertiary/aromatic N) is 3. The van der Waals surface area contributed by atoms with E-state index in [0.717, 1.165) is 11.4 Å². The van der Waals surface area contributed by atoms with E-state index in [4.69, 9.17) is 12.2 Å². The maximum Gasteiger partial charge on any atom is 0.195 e. The van der Waals surface area contributed by atoms with E-state index in [9.17, 15) is 0 Å². The molecule has 0 radical (unpaired) electrons. The molecule has 1 saturated carbocycles. The first kappa shape index (κ1) is 9.72. The molecule has 1 N–H and O–H groups in total. The highest BCUT2D eigenvalue weighted by Gasteiger charge is 2.41. The van der Waals surface area contributed by atoms with Crippen molar-refractivity contribution in [3.63, 3.8) is 0 Å². The van der Waals surface area contributed by atoms with Gasteiger partial charge in [-0.2, -0.15) is 5.10 Å². The van der Waals surface area contributed by atoms with Crippen molar-refractivity contribution >= 4 is 12.2 Å². The van der Waals surface area contributed by atoms with Gasteiger partial charge in [-0.05, 0) is 44.1 Å². The lowest BCUT2D eigenvalue weighted by molar-refractivity contribution is 0.530. The van der Waals surface area contributed by atoms with Gasteiger partial charge in [-0.15, -0.1) is 0 Å². The zero-order valence-corrected chi connectivity index (χ0v) is 9.79. The maximum absolute atomic E-state index is 5.29. The van der Waals surface area contributed by atoms with E-state index in [2.05, 4.69) is 26.7 Å². The van der Waals surface area contributed by atoms with Crippen LogP contribution < -0.4 is 0 Å². The predicted molar refractivity (Wildman–Crippen MR) is 63.5 cm³/mol. The van der Waals surface area contributed by atoms with E-state index in [1.165, 1.54) is 12.8 Å². The summed E-state index contributed by atoms with van der Waals surface area (Å²) in [6, 6.07) is 3.90. The summed E-state index contributed by atoms with van der Waals surface area (Å²) in [7, 11) is 0. The minimum Gasteiger partial charge on any atom is -0.294 e. The van der Waals surface area contributed by atoms with Gasteiger partial charge in [0.15, 0.2) is 10.6 Å². The third-order valence-electron chi connectivity index (χ3n) is 3.12. The normalized spacial score (nSPS) is 17.3. The van der Waals surface area contributed by atoms with Crippen LogP contribution in [0.15, 0.2) is 24.5 Å². The summed E-state index contributed by atoms with van der Waals surface area (Å²) in [5, 5.41) is 7.19. The molecular weight excluding hydrogens is 220 g/mol. The molecule has 82 valence electrons. The highest BCUT2D eigenvalue weighted by molar-refractivity contribution is 7.71. The molecule has 1 aliphatic rings.